The van der Waals surface area contributed by atoms with Gasteiger partial charge in [0.2, 0.25) is 10.0 Å². The third-order valence-electron chi connectivity index (χ3n) is 6.29. The standard InChI is InChI=1S/C26H29BrN2O5S.ClH/c27-22-4-7-24(8-5-22)35(32,33)29-25(26(30)31)16-19-1-2-21-17-23(6-3-20(21)15-19)34-14-11-18-9-12-28-13-10-18;/h1-8,15,17-18,25,28-29H,9-14,16H2,(H,30,31);1H. The molecule has 1 atom stereocenters. The lowest BCUT2D eigenvalue weighted by molar-refractivity contribution is -0.138. The number of carboxylic acid groups (broad SMARTS) is 1. The maximum atomic E-state index is 12.7. The molecule has 0 bridgehead atoms. The van der Waals surface area contributed by atoms with E-state index in [4.69, 9.17) is 4.74 Å². The Bertz CT molecular complexity index is 1280. The lowest BCUT2D eigenvalue weighted by atomic mass is 9.95. The highest BCUT2D eigenvalue weighted by Crippen LogP contribution is 2.24. The van der Waals surface area contributed by atoms with Crippen molar-refractivity contribution >= 4 is 55.1 Å². The summed E-state index contributed by atoms with van der Waals surface area (Å²) in [5.74, 6) is 0.288. The second kappa shape index (κ2) is 12.9. The van der Waals surface area contributed by atoms with Crippen LogP contribution < -0.4 is 14.8 Å². The van der Waals surface area contributed by atoms with Gasteiger partial charge in [0, 0.05) is 4.47 Å². The number of hydrogen-bond acceptors (Lipinski definition) is 5. The number of rotatable bonds is 10. The van der Waals surface area contributed by atoms with Crippen LogP contribution in [-0.2, 0) is 21.2 Å². The Labute approximate surface area is 226 Å². The fourth-order valence-corrected chi connectivity index (χ4v) is 5.74. The van der Waals surface area contributed by atoms with Crippen LogP contribution in [0.5, 0.6) is 5.75 Å². The van der Waals surface area contributed by atoms with Crippen molar-refractivity contribution in [1.82, 2.24) is 10.0 Å². The minimum absolute atomic E-state index is 0. The number of halogens is 2. The molecule has 3 aromatic carbocycles. The van der Waals surface area contributed by atoms with Crippen LogP contribution >= 0.6 is 28.3 Å². The van der Waals surface area contributed by atoms with E-state index in [2.05, 4.69) is 26.0 Å². The number of benzene rings is 3. The van der Waals surface area contributed by atoms with Gasteiger partial charge >= 0.3 is 5.97 Å². The van der Waals surface area contributed by atoms with Crippen LogP contribution in [0.15, 0.2) is 70.0 Å². The molecule has 1 unspecified atom stereocenters. The van der Waals surface area contributed by atoms with E-state index < -0.39 is 22.0 Å². The minimum Gasteiger partial charge on any atom is -0.494 e. The van der Waals surface area contributed by atoms with Crippen molar-refractivity contribution < 1.29 is 23.1 Å². The zero-order valence-electron chi connectivity index (χ0n) is 19.7. The smallest absolute Gasteiger partial charge is 0.322 e. The quantitative estimate of drug-likeness (QED) is 0.311. The van der Waals surface area contributed by atoms with E-state index in [1.807, 2.05) is 36.4 Å². The highest BCUT2D eigenvalue weighted by atomic mass is 79.9. The highest BCUT2D eigenvalue weighted by Gasteiger charge is 2.26. The molecule has 0 radical (unpaired) electrons. The summed E-state index contributed by atoms with van der Waals surface area (Å²) in [5.41, 5.74) is 0.725. The van der Waals surface area contributed by atoms with E-state index in [1.165, 1.54) is 25.0 Å². The van der Waals surface area contributed by atoms with Crippen LogP contribution in [0.4, 0.5) is 0 Å². The van der Waals surface area contributed by atoms with Crippen LogP contribution in [0, 0.1) is 5.92 Å². The largest absolute Gasteiger partial charge is 0.494 e. The predicted octanol–water partition coefficient (Wildman–Crippen LogP) is 4.77. The van der Waals surface area contributed by atoms with Crippen molar-refractivity contribution in [2.24, 2.45) is 5.92 Å². The summed E-state index contributed by atoms with van der Waals surface area (Å²) < 4.78 is 34.4. The highest BCUT2D eigenvalue weighted by molar-refractivity contribution is 9.10. The maximum Gasteiger partial charge on any atom is 0.322 e. The van der Waals surface area contributed by atoms with Crippen molar-refractivity contribution in [1.29, 1.82) is 0 Å². The number of fused-ring (bicyclic) bond motifs is 1. The Morgan fingerprint density at radius 1 is 1.06 bits per heavy atom. The van der Waals surface area contributed by atoms with E-state index in [0.29, 0.717) is 12.5 Å². The zero-order valence-corrected chi connectivity index (χ0v) is 22.9. The predicted molar refractivity (Wildman–Crippen MR) is 146 cm³/mol. The lowest BCUT2D eigenvalue weighted by Crippen LogP contribution is -2.42. The topological polar surface area (TPSA) is 105 Å². The molecule has 7 nitrogen and oxygen atoms in total. The molecule has 3 aromatic rings. The van der Waals surface area contributed by atoms with Crippen LogP contribution in [-0.4, -0.2) is 45.2 Å². The first kappa shape index (κ1) is 28.4. The Hall–Kier alpha value is -2.17. The van der Waals surface area contributed by atoms with E-state index in [0.717, 1.165) is 46.1 Å². The van der Waals surface area contributed by atoms with Crippen LogP contribution in [0.2, 0.25) is 0 Å². The average molecular weight is 598 g/mol. The van der Waals surface area contributed by atoms with E-state index in [9.17, 15) is 18.3 Å². The summed E-state index contributed by atoms with van der Waals surface area (Å²) in [7, 11) is -3.98. The fourth-order valence-electron chi connectivity index (χ4n) is 4.29. The zero-order chi connectivity index (χ0) is 24.8. The van der Waals surface area contributed by atoms with E-state index >= 15 is 0 Å². The summed E-state index contributed by atoms with van der Waals surface area (Å²) in [5, 5.41) is 15.0. The van der Waals surface area contributed by atoms with Gasteiger partial charge in [-0.05, 0) is 97.4 Å². The molecule has 1 saturated heterocycles. The van der Waals surface area contributed by atoms with E-state index in [-0.39, 0.29) is 23.7 Å². The van der Waals surface area contributed by atoms with Crippen LogP contribution in [0.1, 0.15) is 24.8 Å². The molecule has 194 valence electrons. The molecule has 1 aliphatic heterocycles. The van der Waals surface area contributed by atoms with Crippen molar-refractivity contribution in [3.63, 3.8) is 0 Å². The Morgan fingerprint density at radius 2 is 1.72 bits per heavy atom. The van der Waals surface area contributed by atoms with E-state index in [1.54, 1.807) is 12.1 Å². The number of carbonyl (C=O) groups is 1. The second-order valence-corrected chi connectivity index (χ2v) is 11.5. The van der Waals surface area contributed by atoms with Crippen LogP contribution in [0.25, 0.3) is 10.8 Å². The summed E-state index contributed by atoms with van der Waals surface area (Å²) in [6.45, 7) is 2.85. The van der Waals surface area contributed by atoms with Crippen molar-refractivity contribution in [2.45, 2.75) is 36.6 Å². The number of hydrogen-bond donors (Lipinski definition) is 3. The summed E-state index contributed by atoms with van der Waals surface area (Å²) in [6, 6.07) is 16.2. The Balaban J connectivity index is 0.00000361. The molecular weight excluding hydrogens is 568 g/mol. The minimum atomic E-state index is -3.98. The maximum absolute atomic E-state index is 12.7. The van der Waals surface area contributed by atoms with Gasteiger partial charge < -0.3 is 15.2 Å². The number of nitrogens with one attached hydrogen (secondary N) is 2. The van der Waals surface area contributed by atoms with Gasteiger partial charge in [-0.15, -0.1) is 12.4 Å². The third kappa shape index (κ3) is 7.66. The average Bonchev–Trinajstić information content (AvgIpc) is 2.84. The number of sulfonamides is 1. The monoisotopic (exact) mass is 596 g/mol. The molecule has 1 fully saturated rings. The van der Waals surface area contributed by atoms with Crippen molar-refractivity contribution in [3.8, 4) is 5.75 Å². The first-order chi connectivity index (χ1) is 16.8. The van der Waals surface area contributed by atoms with Gasteiger partial charge in [-0.1, -0.05) is 40.2 Å². The molecule has 0 saturated carbocycles. The molecule has 36 heavy (non-hydrogen) atoms. The molecular formula is C26H30BrClN2O5S. The molecule has 1 aliphatic rings. The molecule has 4 rings (SSSR count). The molecule has 0 aliphatic carbocycles. The van der Waals surface area contributed by atoms with Gasteiger partial charge in [0.15, 0.2) is 0 Å². The summed E-state index contributed by atoms with van der Waals surface area (Å²) >= 11 is 3.26. The summed E-state index contributed by atoms with van der Waals surface area (Å²) in [4.78, 5) is 11.8. The Morgan fingerprint density at radius 3 is 2.42 bits per heavy atom. The first-order valence-corrected chi connectivity index (χ1v) is 13.9. The van der Waals surface area contributed by atoms with Gasteiger partial charge in [0.05, 0.1) is 11.5 Å². The first-order valence-electron chi connectivity index (χ1n) is 11.7. The SMILES string of the molecule is Cl.O=C(O)C(Cc1ccc2cc(OCCC3CCNCC3)ccc2c1)NS(=O)(=O)c1ccc(Br)cc1. The molecule has 1 heterocycles. The summed E-state index contributed by atoms with van der Waals surface area (Å²) in [6.07, 6.45) is 3.46. The van der Waals surface area contributed by atoms with Gasteiger partial charge in [0.25, 0.3) is 0 Å². The number of ether oxygens (including phenoxy) is 1. The van der Waals surface area contributed by atoms with Gasteiger partial charge in [-0.3, -0.25) is 4.79 Å². The van der Waals surface area contributed by atoms with Crippen LogP contribution in [0.3, 0.4) is 0 Å². The normalized spacial score (nSPS) is 15.2. The lowest BCUT2D eigenvalue weighted by Gasteiger charge is -2.22. The third-order valence-corrected chi connectivity index (χ3v) is 8.31. The van der Waals surface area contributed by atoms with Gasteiger partial charge in [-0.25, -0.2) is 8.42 Å². The molecule has 3 N–H and O–H groups in total. The van der Waals surface area contributed by atoms with Crippen molar-refractivity contribution in [2.75, 3.05) is 19.7 Å². The van der Waals surface area contributed by atoms with Gasteiger partial charge in [0.1, 0.15) is 11.8 Å². The molecule has 0 spiro atoms. The van der Waals surface area contributed by atoms with Gasteiger partial charge in [-0.2, -0.15) is 4.72 Å². The Kier molecular flexibility index (Phi) is 10.2. The van der Waals surface area contributed by atoms with Crippen molar-refractivity contribution in [3.05, 3.63) is 70.7 Å². The number of carboxylic acids is 1. The molecule has 10 heteroatoms. The molecule has 0 aromatic heterocycles. The number of aliphatic carboxylic acids is 1. The number of piperidine rings is 1. The fraction of sp³-hybridized carbons (Fsp3) is 0.346. The second-order valence-electron chi connectivity index (χ2n) is 8.84. The molecule has 0 amide bonds.